The molecule has 11 rings (SSSR count). The zero-order chi connectivity index (χ0) is 103. The third-order valence-corrected chi connectivity index (χ3v) is 24.2. The van der Waals surface area contributed by atoms with Crippen LogP contribution in [0.5, 0.6) is 0 Å². The van der Waals surface area contributed by atoms with Crippen molar-refractivity contribution >= 4 is 139 Å². The SMILES string of the molecule is CB(O)N(CCCl)CCCl.CB(O)N1CCC(C#N)(c2ccc(F)cc2)CC1.CB(O)N1CCC(C=O)(c2ccc(F)cc2)CC1.CB(O)N1CCC(CO)(c2ccc(F)cc2)CC1.CB(O)N1CCC(COCc2cc(C(F)(F)F)cc(C(F)(F)F)c2)(c2ccc(F)cc2)CC1.C[B]OOCB=O.Cl.ClCCNCCCl.FC(F)(F)c1cc(CBr)cc(C(F)(F)F)c1.[B].[C-]#[N+]Cc1ccc(F)cc1.[H-].[H-].[Na+].[Na+]. The fourth-order valence-corrected chi connectivity index (χ4v) is 15.7. The number of rotatable bonds is 29. The van der Waals surface area contributed by atoms with E-state index in [0.29, 0.717) is 152 Å². The first-order valence-corrected chi connectivity index (χ1v) is 46.7. The predicted molar refractivity (Wildman–Crippen MR) is 523 cm³/mol. The monoisotopic (exact) mass is 2180 g/mol. The molecule has 4 heterocycles. The number of aliphatic hydroxyl groups excluding tert-OH is 1. The van der Waals surface area contributed by atoms with E-state index in [9.17, 15) is 115 Å². The summed E-state index contributed by atoms with van der Waals surface area (Å²) in [6.07, 6.45) is -13.2. The second-order valence-corrected chi connectivity index (χ2v) is 34.3. The molecule has 0 unspecified atom stereocenters. The number of benzene rings is 7. The molecule has 0 aliphatic carbocycles. The van der Waals surface area contributed by atoms with Crippen LogP contribution in [-0.2, 0) is 88.8 Å². The van der Waals surface area contributed by atoms with Crippen LogP contribution in [-0.4, -0.2) is 241 Å². The number of aldehydes is 1. The zero-order valence-corrected chi connectivity index (χ0v) is 88.9. The fourth-order valence-electron chi connectivity index (χ4n) is 14.7. The van der Waals surface area contributed by atoms with Crippen LogP contribution in [0.15, 0.2) is 158 Å². The summed E-state index contributed by atoms with van der Waals surface area (Å²) in [5, 5.41) is 69.6. The number of ether oxygens (including phenoxy) is 1. The Morgan fingerprint density at radius 2 is 0.837 bits per heavy atom. The summed E-state index contributed by atoms with van der Waals surface area (Å²) in [5.41, 5.74) is -3.33. The number of aliphatic hydroxyl groups is 1. The quantitative estimate of drug-likeness (QED) is 0.00337. The first-order chi connectivity index (χ1) is 64.5. The summed E-state index contributed by atoms with van der Waals surface area (Å²) in [4.78, 5) is 32.6. The molecular weight excluding hydrogens is 2070 g/mol. The Hall–Kier alpha value is -4.35. The number of carbonyl (C=O) groups is 1. The molecule has 0 saturated carbocycles. The third-order valence-electron chi connectivity index (χ3n) is 22.8. The molecule has 4 fully saturated rings. The second kappa shape index (κ2) is 70.6. The maximum Gasteiger partial charge on any atom is 1.00 e. The van der Waals surface area contributed by atoms with Gasteiger partial charge in [-0.2, -0.15) is 57.9 Å². The first-order valence-electron chi connectivity index (χ1n) is 43.4. The summed E-state index contributed by atoms with van der Waals surface area (Å²) in [5.74, 6) is 0.869. The standard InChI is InChI=1S/C22H23BF7NO2.C13H16BFN2O.C13H19BFNO2.C13H17BFNO2.C9H5BrF6.C8H6FN.C5H12BCl2NO.C4H9Cl2N.C2H5B2O3.B.ClH.2Na.2H/c1-23(32)31-8-6-20(7-9-31,16-2-4-19(24)5-3-16)14-33-13-15-10-17(21(25,26)27)12-18(11-15)22(28,29)30;1-14(18)17-8-6-13(10-16,7-9-17)11-2-4-12(15)5-3-11;2*1-14(18)16-8-6-13(10-17,7-9-16)11-2-4-12(15)5-3-11;10-4-5-1-6(8(11,12)13)3-7(2-5)9(14,15)16;1-10-6-7-2-4-8(9)5-3-7;1-6(10)9(4-2-7)5-3-8;5-1-3-7-4-2-6;1-3-7-6-2-4-5;;;;;;/h2-5,10-12,32H,6-9,13-14H2,1H3;2-5,18H,6-9H2,1H3;2-5,17-18H,6-10H2,1H3;2-5,10,18H,6-9H2,1H3;1-3H,4H2;2-5H,6H2;10H,2-5H2,1H3;7H,1-4H2;2H2,1H3;;1H;;;;/q;;;;;;;;;;;2*+1;2*-1. The van der Waals surface area contributed by atoms with Gasteiger partial charge in [0.2, 0.25) is 6.54 Å². The Labute approximate surface area is 901 Å². The van der Waals surface area contributed by atoms with Gasteiger partial charge >= 0.3 is 161 Å². The first kappa shape index (κ1) is 139. The van der Waals surface area contributed by atoms with Gasteiger partial charge in [-0.1, -0.05) is 64.5 Å². The minimum Gasteiger partial charge on any atom is -1.00 e. The molecule has 7 aromatic carbocycles. The predicted octanol–water partition coefficient (Wildman–Crippen LogP) is 12.7. The van der Waals surface area contributed by atoms with Crippen molar-refractivity contribution in [2.24, 2.45) is 0 Å². The van der Waals surface area contributed by atoms with Crippen LogP contribution in [0.25, 0.3) is 4.85 Å². The number of hydrogen-bond donors (Lipinski definition) is 7. The van der Waals surface area contributed by atoms with E-state index in [2.05, 4.69) is 41.9 Å². The number of alkyl halides is 17. The van der Waals surface area contributed by atoms with Crippen molar-refractivity contribution in [2.75, 3.05) is 122 Å². The number of halogens is 23. The van der Waals surface area contributed by atoms with E-state index in [1.165, 1.54) is 68.1 Å². The van der Waals surface area contributed by atoms with E-state index in [-0.39, 0.29) is 160 Å². The number of carbonyl (C=O) groups excluding carboxylic acids is 1. The van der Waals surface area contributed by atoms with Crippen molar-refractivity contribution in [2.45, 2.75) is 157 Å². The summed E-state index contributed by atoms with van der Waals surface area (Å²) in [6.45, 7) is 25.0. The molecule has 0 amide bonds. The number of nitrogens with one attached hydrogen (secondary N) is 1. The van der Waals surface area contributed by atoms with Crippen LogP contribution in [0.1, 0.15) is 115 Å². The Morgan fingerprint density at radius 3 is 1.13 bits per heavy atom. The van der Waals surface area contributed by atoms with Gasteiger partial charge in [0.25, 0.3) is 0 Å². The van der Waals surface area contributed by atoms with Crippen molar-refractivity contribution < 1.29 is 191 Å². The number of nitriles is 1. The van der Waals surface area contributed by atoms with Gasteiger partial charge in [-0.05, 0) is 280 Å². The Morgan fingerprint density at radius 1 is 0.518 bits per heavy atom. The zero-order valence-electron chi connectivity index (χ0n) is 81.5. The summed E-state index contributed by atoms with van der Waals surface area (Å²) in [6, 6.07) is 35.7. The van der Waals surface area contributed by atoms with Crippen molar-refractivity contribution in [3.8, 4) is 6.07 Å². The smallest absolute Gasteiger partial charge is 1.00 e. The summed E-state index contributed by atoms with van der Waals surface area (Å²) < 4.78 is 232. The van der Waals surface area contributed by atoms with Gasteiger partial charge in [0.15, 0.2) is 0 Å². The van der Waals surface area contributed by atoms with Crippen LogP contribution >= 0.6 is 74.7 Å². The maximum atomic E-state index is 13.4. The normalized spacial score (nSPS) is 15.2. The van der Waals surface area contributed by atoms with Gasteiger partial charge in [-0.15, -0.1) is 58.8 Å². The van der Waals surface area contributed by atoms with Crippen molar-refractivity contribution in [1.82, 2.24) is 29.4 Å². The molecule has 4 saturated heterocycles. The van der Waals surface area contributed by atoms with Crippen LogP contribution in [0.2, 0.25) is 40.9 Å². The molecule has 141 heavy (non-hydrogen) atoms. The van der Waals surface area contributed by atoms with E-state index < -0.39 is 111 Å². The molecule has 0 atom stereocenters. The minimum absolute atomic E-state index is 0. The molecule has 4 aliphatic rings. The summed E-state index contributed by atoms with van der Waals surface area (Å²) >= 11 is 24.4. The number of nitrogens with zero attached hydrogens (tertiary/aromatic N) is 7. The van der Waals surface area contributed by atoms with E-state index in [1.54, 1.807) is 102 Å². The maximum absolute atomic E-state index is 13.4. The molecular formula is C89H115B8BrCl5F17N8Na2O11. The van der Waals surface area contributed by atoms with Crippen molar-refractivity contribution in [1.29, 1.82) is 5.26 Å². The Balaban J connectivity index is -0.000000786. The molecule has 52 heteroatoms. The Bertz CT molecular complexity index is 4620. The molecule has 7 aromatic rings. The van der Waals surface area contributed by atoms with Gasteiger partial charge in [0.05, 0.1) is 59.0 Å². The molecule has 7 N–H and O–H groups in total. The van der Waals surface area contributed by atoms with Gasteiger partial charge in [-0.3, -0.25) is 0 Å². The molecule has 0 bridgehead atoms. The van der Waals surface area contributed by atoms with Gasteiger partial charge < -0.3 is 76.8 Å². The molecule has 0 spiro atoms. The van der Waals surface area contributed by atoms with E-state index >= 15 is 0 Å². The van der Waals surface area contributed by atoms with Crippen LogP contribution in [0, 0.1) is 47.0 Å². The third kappa shape index (κ3) is 49.8. The van der Waals surface area contributed by atoms with E-state index in [1.807, 2.05) is 24.1 Å². The topological polar surface area (TPSA) is 240 Å². The van der Waals surface area contributed by atoms with Crippen LogP contribution in [0.4, 0.5) is 74.6 Å². The van der Waals surface area contributed by atoms with Gasteiger partial charge in [-0.25, -0.2) is 28.5 Å². The van der Waals surface area contributed by atoms with E-state index in [0.717, 1.165) is 73.1 Å². The second-order valence-electron chi connectivity index (χ2n) is 32.2. The van der Waals surface area contributed by atoms with E-state index in [4.69, 9.17) is 62.7 Å². The van der Waals surface area contributed by atoms with Crippen molar-refractivity contribution in [3.05, 3.63) is 259 Å². The molecule has 764 valence electrons. The molecule has 4 radical (unpaired) electrons. The number of hydrogen-bond acceptors (Lipinski definition) is 18. The summed E-state index contributed by atoms with van der Waals surface area (Å²) in [7, 11) is -0.555. The van der Waals surface area contributed by atoms with Gasteiger partial charge in [0.1, 0.15) is 35.4 Å². The largest absolute Gasteiger partial charge is 1.00 e. The number of piperidine rings is 4. The Kier molecular flexibility index (Phi) is 69.4. The van der Waals surface area contributed by atoms with Crippen LogP contribution < -0.4 is 64.4 Å². The fraction of sp³-hybridized carbons (Fsp3) is 0.494. The molecule has 0 aromatic heterocycles. The van der Waals surface area contributed by atoms with Crippen molar-refractivity contribution in [3.63, 3.8) is 0 Å². The molecule has 19 nitrogen and oxygen atoms in total. The molecule has 4 aliphatic heterocycles. The minimum atomic E-state index is -4.93. The van der Waals surface area contributed by atoms with Gasteiger partial charge in [0, 0.05) is 79.8 Å². The average molecular weight is 2190 g/mol. The van der Waals surface area contributed by atoms with Crippen LogP contribution in [0.3, 0.4) is 0 Å². The average Bonchev–Trinajstić information content (AvgIpc) is 0.811.